The highest BCUT2D eigenvalue weighted by Crippen LogP contribution is 2.33. The zero-order valence-electron chi connectivity index (χ0n) is 12.8. The molecule has 5 nitrogen and oxygen atoms in total. The Morgan fingerprint density at radius 2 is 1.91 bits per heavy atom. The van der Waals surface area contributed by atoms with Crippen LogP contribution in [0.5, 0.6) is 5.75 Å². The molecular weight excluding hydrogens is 416 g/mol. The van der Waals surface area contributed by atoms with Gasteiger partial charge in [0.2, 0.25) is 0 Å². The third kappa shape index (κ3) is 4.60. The Kier molecular flexibility index (Phi) is 5.40. The van der Waals surface area contributed by atoms with Crippen LogP contribution in [-0.2, 0) is 11.3 Å². The minimum absolute atomic E-state index is 0.198. The first kappa shape index (κ1) is 17.6. The van der Waals surface area contributed by atoms with Gasteiger partial charge in [0.1, 0.15) is 11.4 Å². The summed E-state index contributed by atoms with van der Waals surface area (Å²) in [6.45, 7) is 7.55. The van der Waals surface area contributed by atoms with Gasteiger partial charge < -0.3 is 20.1 Å². The van der Waals surface area contributed by atoms with Gasteiger partial charge in [-0.2, -0.15) is 0 Å². The Hall–Kier alpha value is -0.790. The highest BCUT2D eigenvalue weighted by Gasteiger charge is 2.33. The van der Waals surface area contributed by atoms with E-state index in [0.717, 1.165) is 5.56 Å². The summed E-state index contributed by atoms with van der Waals surface area (Å²) in [6.07, 6.45) is -0.263. The van der Waals surface area contributed by atoms with E-state index in [-0.39, 0.29) is 17.9 Å². The Morgan fingerprint density at radius 1 is 1.36 bits per heavy atom. The van der Waals surface area contributed by atoms with Gasteiger partial charge in [0.15, 0.2) is 0 Å². The molecule has 0 saturated carbocycles. The number of phenols is 1. The van der Waals surface area contributed by atoms with Crippen molar-refractivity contribution in [3.8, 4) is 5.75 Å². The quantitative estimate of drug-likeness (QED) is 0.760. The molecule has 1 aromatic rings. The average Bonchev–Trinajstić information content (AvgIpc) is 2.31. The minimum atomic E-state index is -0.458. The van der Waals surface area contributed by atoms with Gasteiger partial charge in [0.25, 0.3) is 0 Å². The van der Waals surface area contributed by atoms with E-state index < -0.39 is 5.60 Å². The predicted molar refractivity (Wildman–Crippen MR) is 91.9 cm³/mol. The monoisotopic (exact) mass is 434 g/mol. The SMILES string of the molecule is CC(C)(C)OC(=O)N1CC(NCc2cc(Br)c(O)c(Br)c2)C1. The molecule has 1 fully saturated rings. The number of hydrogen-bond donors (Lipinski definition) is 2. The van der Waals surface area contributed by atoms with Crippen LogP contribution in [0, 0.1) is 0 Å². The molecule has 22 heavy (non-hydrogen) atoms. The summed E-state index contributed by atoms with van der Waals surface area (Å²) >= 11 is 6.63. The number of nitrogens with one attached hydrogen (secondary N) is 1. The summed E-state index contributed by atoms with van der Waals surface area (Å²) in [5.41, 5.74) is 0.590. The molecule has 0 bridgehead atoms. The zero-order valence-corrected chi connectivity index (χ0v) is 16.0. The molecule has 2 N–H and O–H groups in total. The molecule has 0 radical (unpaired) electrons. The van der Waals surface area contributed by atoms with E-state index in [4.69, 9.17) is 4.74 Å². The lowest BCUT2D eigenvalue weighted by atomic mass is 10.1. The molecule has 0 atom stereocenters. The molecule has 0 spiro atoms. The predicted octanol–water partition coefficient (Wildman–Crippen LogP) is 3.63. The van der Waals surface area contributed by atoms with Crippen LogP contribution in [0.15, 0.2) is 21.1 Å². The summed E-state index contributed by atoms with van der Waals surface area (Å²) in [7, 11) is 0. The fraction of sp³-hybridized carbons (Fsp3) is 0.533. The summed E-state index contributed by atoms with van der Waals surface area (Å²) in [5, 5.41) is 13.1. The fourth-order valence-corrected chi connectivity index (χ4v) is 3.35. The molecule has 2 rings (SSSR count). The standard InChI is InChI=1S/C15H20Br2N2O3/c1-15(2,3)22-14(21)19-7-10(8-19)18-6-9-4-11(16)13(20)12(17)5-9/h4-5,10,18,20H,6-8H2,1-3H3. The van der Waals surface area contributed by atoms with Crippen molar-refractivity contribution in [1.82, 2.24) is 10.2 Å². The zero-order chi connectivity index (χ0) is 16.5. The molecule has 0 aliphatic carbocycles. The maximum absolute atomic E-state index is 11.8. The molecule has 1 heterocycles. The number of amides is 1. The number of hydrogen-bond acceptors (Lipinski definition) is 4. The molecule has 1 saturated heterocycles. The van der Waals surface area contributed by atoms with Crippen LogP contribution in [0.1, 0.15) is 26.3 Å². The number of phenolic OH excluding ortho intramolecular Hbond substituents is 1. The minimum Gasteiger partial charge on any atom is -0.506 e. The number of carbonyl (C=O) groups excluding carboxylic acids is 1. The van der Waals surface area contributed by atoms with E-state index in [1.807, 2.05) is 32.9 Å². The third-order valence-corrected chi connectivity index (χ3v) is 4.41. The molecule has 1 aromatic carbocycles. The molecule has 7 heteroatoms. The van der Waals surface area contributed by atoms with E-state index in [0.29, 0.717) is 28.6 Å². The highest BCUT2D eigenvalue weighted by molar-refractivity contribution is 9.11. The lowest BCUT2D eigenvalue weighted by Crippen LogP contribution is -2.60. The van der Waals surface area contributed by atoms with Crippen LogP contribution in [-0.4, -0.2) is 40.8 Å². The van der Waals surface area contributed by atoms with Gasteiger partial charge in [-0.1, -0.05) is 0 Å². The van der Waals surface area contributed by atoms with Crippen molar-refractivity contribution in [3.05, 3.63) is 26.6 Å². The van der Waals surface area contributed by atoms with Crippen LogP contribution in [0.2, 0.25) is 0 Å². The second-order valence-corrected chi connectivity index (χ2v) is 8.08. The van der Waals surface area contributed by atoms with E-state index >= 15 is 0 Å². The number of nitrogens with zero attached hydrogens (tertiary/aromatic N) is 1. The van der Waals surface area contributed by atoms with E-state index in [2.05, 4.69) is 37.2 Å². The normalized spacial score (nSPS) is 15.6. The first-order valence-electron chi connectivity index (χ1n) is 7.04. The lowest BCUT2D eigenvalue weighted by Gasteiger charge is -2.40. The van der Waals surface area contributed by atoms with Crippen LogP contribution in [0.3, 0.4) is 0 Å². The number of benzene rings is 1. The smallest absolute Gasteiger partial charge is 0.410 e. The van der Waals surface area contributed by atoms with Crippen LogP contribution in [0.25, 0.3) is 0 Å². The number of likely N-dealkylation sites (tertiary alicyclic amines) is 1. The second kappa shape index (κ2) is 6.76. The van der Waals surface area contributed by atoms with E-state index in [1.54, 1.807) is 4.90 Å². The largest absolute Gasteiger partial charge is 0.506 e. The summed E-state index contributed by atoms with van der Waals surface area (Å²) in [5.74, 6) is 0.198. The van der Waals surface area contributed by atoms with E-state index in [9.17, 15) is 9.90 Å². The number of carbonyl (C=O) groups is 1. The van der Waals surface area contributed by atoms with Crippen molar-refractivity contribution in [2.75, 3.05) is 13.1 Å². The summed E-state index contributed by atoms with van der Waals surface area (Å²) < 4.78 is 6.63. The van der Waals surface area contributed by atoms with Gasteiger partial charge in [-0.25, -0.2) is 4.79 Å². The first-order valence-corrected chi connectivity index (χ1v) is 8.62. The Labute approximate surface area is 147 Å². The van der Waals surface area contributed by atoms with Gasteiger partial charge in [-0.05, 0) is 70.3 Å². The van der Waals surface area contributed by atoms with Crippen molar-refractivity contribution in [1.29, 1.82) is 0 Å². The Bertz CT molecular complexity index is 543. The topological polar surface area (TPSA) is 61.8 Å². The Balaban J connectivity index is 1.78. The van der Waals surface area contributed by atoms with Gasteiger partial charge in [-0.15, -0.1) is 0 Å². The molecule has 1 aliphatic rings. The maximum atomic E-state index is 11.8. The molecule has 1 aliphatic heterocycles. The Morgan fingerprint density at radius 3 is 2.41 bits per heavy atom. The number of aromatic hydroxyl groups is 1. The maximum Gasteiger partial charge on any atom is 0.410 e. The van der Waals surface area contributed by atoms with Crippen molar-refractivity contribution < 1.29 is 14.6 Å². The fourth-order valence-electron chi connectivity index (χ4n) is 2.07. The van der Waals surface area contributed by atoms with Crippen molar-refractivity contribution >= 4 is 38.0 Å². The van der Waals surface area contributed by atoms with Gasteiger partial charge >= 0.3 is 6.09 Å². The van der Waals surface area contributed by atoms with Gasteiger partial charge in [0.05, 0.1) is 8.95 Å². The molecule has 0 unspecified atom stereocenters. The van der Waals surface area contributed by atoms with Crippen molar-refractivity contribution in [3.63, 3.8) is 0 Å². The molecule has 122 valence electrons. The molecule has 0 aromatic heterocycles. The summed E-state index contributed by atoms with van der Waals surface area (Å²) in [4.78, 5) is 13.5. The molecule has 1 amide bonds. The number of halogens is 2. The van der Waals surface area contributed by atoms with Crippen LogP contribution < -0.4 is 5.32 Å². The summed E-state index contributed by atoms with van der Waals surface area (Å²) in [6, 6.07) is 4.01. The van der Waals surface area contributed by atoms with Gasteiger partial charge in [-0.3, -0.25) is 0 Å². The first-order chi connectivity index (χ1) is 10.2. The van der Waals surface area contributed by atoms with Crippen molar-refractivity contribution in [2.45, 2.75) is 39.0 Å². The lowest BCUT2D eigenvalue weighted by molar-refractivity contribution is 0.00518. The second-order valence-electron chi connectivity index (χ2n) is 6.37. The van der Waals surface area contributed by atoms with Crippen molar-refractivity contribution in [2.24, 2.45) is 0 Å². The number of ether oxygens (including phenoxy) is 1. The van der Waals surface area contributed by atoms with Crippen LogP contribution in [0.4, 0.5) is 4.79 Å². The van der Waals surface area contributed by atoms with Gasteiger partial charge in [0, 0.05) is 25.7 Å². The highest BCUT2D eigenvalue weighted by atomic mass is 79.9. The van der Waals surface area contributed by atoms with E-state index in [1.165, 1.54) is 0 Å². The molecular formula is C15H20Br2N2O3. The van der Waals surface area contributed by atoms with Crippen LogP contribution >= 0.6 is 31.9 Å². The third-order valence-electron chi connectivity index (χ3n) is 3.20. The number of rotatable bonds is 3. The average molecular weight is 436 g/mol.